The molecule has 3 rings (SSSR count). The van der Waals surface area contributed by atoms with E-state index in [4.69, 9.17) is 4.74 Å². The molecule has 0 bridgehead atoms. The van der Waals surface area contributed by atoms with E-state index in [9.17, 15) is 9.90 Å². The first kappa shape index (κ1) is 17.5. The molecule has 3 nitrogen and oxygen atoms in total. The predicted molar refractivity (Wildman–Crippen MR) is 99.2 cm³/mol. The number of rotatable bonds is 7. The van der Waals surface area contributed by atoms with Gasteiger partial charge in [-0.15, -0.1) is 0 Å². The average Bonchev–Trinajstić information content (AvgIpc) is 3.17. The van der Waals surface area contributed by atoms with Gasteiger partial charge in [-0.1, -0.05) is 25.0 Å². The maximum atomic E-state index is 13.1. The summed E-state index contributed by atoms with van der Waals surface area (Å²) in [6.07, 6.45) is 6.48. The molecule has 0 spiro atoms. The molecule has 1 unspecified atom stereocenters. The first-order valence-electron chi connectivity index (χ1n) is 9.13. The zero-order valence-electron chi connectivity index (χ0n) is 14.8. The van der Waals surface area contributed by atoms with Gasteiger partial charge in [-0.2, -0.15) is 0 Å². The van der Waals surface area contributed by atoms with Crippen molar-refractivity contribution in [1.29, 1.82) is 0 Å². The Labute approximate surface area is 149 Å². The Morgan fingerprint density at radius 2 is 1.88 bits per heavy atom. The number of carbonyl (C=O) groups is 1. The second-order valence-electron chi connectivity index (χ2n) is 6.95. The van der Waals surface area contributed by atoms with Gasteiger partial charge >= 0.3 is 0 Å². The summed E-state index contributed by atoms with van der Waals surface area (Å²) in [4.78, 5) is 13.1. The molecule has 0 saturated heterocycles. The Morgan fingerprint density at radius 1 is 1.16 bits per heavy atom. The molecular formula is C22H26O3. The fraction of sp³-hybridized carbons (Fsp3) is 0.409. The van der Waals surface area contributed by atoms with E-state index in [0.29, 0.717) is 11.5 Å². The molecule has 1 aliphatic carbocycles. The molecule has 25 heavy (non-hydrogen) atoms. The standard InChI is InChI=1S/C22H26O3/c1-25-20-8-4-5-16(15-20)9-14-21(17-6-2-3-7-17)22(24)18-10-12-19(23)13-11-18/h4-5,8,10-13,15,17,21,23H,2-3,6-7,9,14H2,1H3. The van der Waals surface area contributed by atoms with Crippen LogP contribution in [0.2, 0.25) is 0 Å². The summed E-state index contributed by atoms with van der Waals surface area (Å²) in [5.41, 5.74) is 1.92. The average molecular weight is 338 g/mol. The first-order valence-corrected chi connectivity index (χ1v) is 9.13. The van der Waals surface area contributed by atoms with Gasteiger partial charge in [0.15, 0.2) is 5.78 Å². The number of methoxy groups -OCH3 is 1. The molecular weight excluding hydrogens is 312 g/mol. The monoisotopic (exact) mass is 338 g/mol. The van der Waals surface area contributed by atoms with Gasteiger partial charge in [0.2, 0.25) is 0 Å². The normalized spacial score (nSPS) is 15.9. The van der Waals surface area contributed by atoms with Gasteiger partial charge in [-0.25, -0.2) is 0 Å². The van der Waals surface area contributed by atoms with Crippen LogP contribution in [0.1, 0.15) is 48.0 Å². The Bertz CT molecular complexity index is 699. The van der Waals surface area contributed by atoms with E-state index in [1.807, 2.05) is 12.1 Å². The van der Waals surface area contributed by atoms with Gasteiger partial charge in [0.05, 0.1) is 7.11 Å². The fourth-order valence-electron chi connectivity index (χ4n) is 3.93. The summed E-state index contributed by atoms with van der Waals surface area (Å²) >= 11 is 0. The highest BCUT2D eigenvalue weighted by molar-refractivity contribution is 5.98. The van der Waals surface area contributed by atoms with Gasteiger partial charge in [0, 0.05) is 11.5 Å². The first-order chi connectivity index (χ1) is 12.2. The van der Waals surface area contributed by atoms with E-state index in [0.717, 1.165) is 31.4 Å². The lowest BCUT2D eigenvalue weighted by atomic mass is 9.80. The zero-order chi connectivity index (χ0) is 17.6. The lowest BCUT2D eigenvalue weighted by Crippen LogP contribution is -2.23. The number of carbonyl (C=O) groups excluding carboxylic acids is 1. The van der Waals surface area contributed by atoms with Crippen LogP contribution >= 0.6 is 0 Å². The number of hydrogen-bond acceptors (Lipinski definition) is 3. The number of ketones is 1. The highest BCUT2D eigenvalue weighted by Gasteiger charge is 2.30. The molecule has 2 aromatic rings. The Hall–Kier alpha value is -2.29. The summed E-state index contributed by atoms with van der Waals surface area (Å²) in [7, 11) is 1.68. The second kappa shape index (κ2) is 8.19. The molecule has 0 amide bonds. The van der Waals surface area contributed by atoms with Crippen molar-refractivity contribution in [2.75, 3.05) is 7.11 Å². The molecule has 1 atom stereocenters. The lowest BCUT2D eigenvalue weighted by molar-refractivity contribution is 0.0864. The van der Waals surface area contributed by atoms with Crippen LogP contribution in [-0.4, -0.2) is 18.0 Å². The van der Waals surface area contributed by atoms with Crippen molar-refractivity contribution in [3.63, 3.8) is 0 Å². The van der Waals surface area contributed by atoms with Crippen molar-refractivity contribution < 1.29 is 14.6 Å². The smallest absolute Gasteiger partial charge is 0.166 e. The third kappa shape index (κ3) is 4.41. The second-order valence-corrected chi connectivity index (χ2v) is 6.95. The number of benzene rings is 2. The molecule has 0 radical (unpaired) electrons. The highest BCUT2D eigenvalue weighted by atomic mass is 16.5. The van der Waals surface area contributed by atoms with Crippen LogP contribution in [-0.2, 0) is 6.42 Å². The van der Waals surface area contributed by atoms with Gasteiger partial charge < -0.3 is 9.84 Å². The summed E-state index contributed by atoms with van der Waals surface area (Å²) in [6.45, 7) is 0. The zero-order valence-corrected chi connectivity index (χ0v) is 14.8. The minimum Gasteiger partial charge on any atom is -0.508 e. The molecule has 1 saturated carbocycles. The van der Waals surface area contributed by atoms with Crippen LogP contribution in [0.5, 0.6) is 11.5 Å². The van der Waals surface area contributed by atoms with Crippen molar-refractivity contribution in [1.82, 2.24) is 0 Å². The quantitative estimate of drug-likeness (QED) is 0.721. The number of phenols is 1. The molecule has 132 valence electrons. The summed E-state index contributed by atoms with van der Waals surface area (Å²) in [5, 5.41) is 9.47. The lowest BCUT2D eigenvalue weighted by Gasteiger charge is -2.22. The largest absolute Gasteiger partial charge is 0.508 e. The number of phenolic OH excluding ortho intramolecular Hbond substituents is 1. The molecule has 0 aliphatic heterocycles. The maximum absolute atomic E-state index is 13.1. The van der Waals surface area contributed by atoms with E-state index in [1.54, 1.807) is 31.4 Å². The highest BCUT2D eigenvalue weighted by Crippen LogP contribution is 2.36. The molecule has 0 aromatic heterocycles. The van der Waals surface area contributed by atoms with Crippen LogP contribution in [0.4, 0.5) is 0 Å². The van der Waals surface area contributed by atoms with Crippen LogP contribution in [0.25, 0.3) is 0 Å². The van der Waals surface area contributed by atoms with Crippen molar-refractivity contribution in [3.8, 4) is 11.5 Å². The number of hydrogen-bond donors (Lipinski definition) is 1. The van der Waals surface area contributed by atoms with Crippen molar-refractivity contribution in [2.45, 2.75) is 38.5 Å². The van der Waals surface area contributed by atoms with E-state index in [2.05, 4.69) is 12.1 Å². The molecule has 1 aliphatic rings. The van der Waals surface area contributed by atoms with Crippen molar-refractivity contribution >= 4 is 5.78 Å². The van der Waals surface area contributed by atoms with Crippen LogP contribution in [0.3, 0.4) is 0 Å². The minimum absolute atomic E-state index is 0.0539. The summed E-state index contributed by atoms with van der Waals surface area (Å²) in [6, 6.07) is 14.8. The molecule has 2 aromatic carbocycles. The topological polar surface area (TPSA) is 46.5 Å². The summed E-state index contributed by atoms with van der Waals surface area (Å²) in [5.74, 6) is 1.81. The van der Waals surface area contributed by atoms with Crippen LogP contribution < -0.4 is 4.74 Å². The molecule has 1 N–H and O–H groups in total. The third-order valence-electron chi connectivity index (χ3n) is 5.34. The summed E-state index contributed by atoms with van der Waals surface area (Å²) < 4.78 is 5.30. The van der Waals surface area contributed by atoms with Crippen molar-refractivity contribution in [2.24, 2.45) is 11.8 Å². The number of aromatic hydroxyl groups is 1. The maximum Gasteiger partial charge on any atom is 0.166 e. The van der Waals surface area contributed by atoms with E-state index >= 15 is 0 Å². The van der Waals surface area contributed by atoms with Crippen molar-refractivity contribution in [3.05, 3.63) is 59.7 Å². The Morgan fingerprint density at radius 3 is 2.56 bits per heavy atom. The fourth-order valence-corrected chi connectivity index (χ4v) is 3.93. The SMILES string of the molecule is COc1cccc(CCC(C(=O)c2ccc(O)cc2)C2CCCC2)c1. The van der Waals surface area contributed by atoms with Gasteiger partial charge in [-0.05, 0) is 73.6 Å². The Balaban J connectivity index is 1.74. The number of ether oxygens (including phenoxy) is 1. The number of Topliss-reactive ketones (excluding diaryl/α,β-unsaturated/α-hetero) is 1. The minimum atomic E-state index is 0.0539. The molecule has 1 fully saturated rings. The molecule has 3 heteroatoms. The van der Waals surface area contributed by atoms with Crippen LogP contribution in [0, 0.1) is 11.8 Å². The van der Waals surface area contributed by atoms with Gasteiger partial charge in [0.25, 0.3) is 0 Å². The van der Waals surface area contributed by atoms with Gasteiger partial charge in [0.1, 0.15) is 11.5 Å². The van der Waals surface area contributed by atoms with Crippen LogP contribution in [0.15, 0.2) is 48.5 Å². The predicted octanol–water partition coefficient (Wildman–Crippen LogP) is 5.02. The van der Waals surface area contributed by atoms with E-state index in [-0.39, 0.29) is 17.5 Å². The third-order valence-corrected chi connectivity index (χ3v) is 5.34. The Kier molecular flexibility index (Phi) is 5.75. The van der Waals surface area contributed by atoms with E-state index < -0.39 is 0 Å². The number of aryl methyl sites for hydroxylation is 1. The molecule has 0 heterocycles. The van der Waals surface area contributed by atoms with E-state index in [1.165, 1.54) is 18.4 Å². The van der Waals surface area contributed by atoms with Gasteiger partial charge in [-0.3, -0.25) is 4.79 Å².